The maximum Gasteiger partial charge on any atom is 0.123 e. The molecule has 0 fully saturated rings. The van der Waals surface area contributed by atoms with E-state index < -0.39 is 0 Å². The van der Waals surface area contributed by atoms with Crippen molar-refractivity contribution in [1.29, 1.82) is 0 Å². The van der Waals surface area contributed by atoms with E-state index in [0.29, 0.717) is 5.92 Å². The predicted octanol–water partition coefficient (Wildman–Crippen LogP) is 4.59. The van der Waals surface area contributed by atoms with Crippen LogP contribution in [0.5, 0.6) is 0 Å². The van der Waals surface area contributed by atoms with Crippen LogP contribution in [-0.2, 0) is 0 Å². The quantitative estimate of drug-likeness (QED) is 0.861. The second kappa shape index (κ2) is 6.64. The minimum atomic E-state index is 0.559. The molecule has 1 N–H and O–H groups in total. The Morgan fingerprint density at radius 2 is 2.21 bits per heavy atom. The van der Waals surface area contributed by atoms with E-state index in [1.54, 1.807) is 0 Å². The molecular weight excluding hydrogens is 320 g/mol. The molecule has 1 heterocycles. The van der Waals surface area contributed by atoms with Crippen LogP contribution < -0.4 is 5.32 Å². The Balaban J connectivity index is 2.35. The largest absolute Gasteiger partial charge is 0.319 e. The number of nitrogens with zero attached hydrogens (tertiary/aromatic N) is 1. The van der Waals surface area contributed by atoms with Crippen LogP contribution in [0.4, 0.5) is 0 Å². The molecule has 0 amide bonds. The number of likely N-dealkylation sites (N-methyl/N-ethyl adjacent to an activating group) is 1. The molecule has 0 bridgehead atoms. The molecule has 1 aromatic heterocycles. The van der Waals surface area contributed by atoms with Gasteiger partial charge in [0.15, 0.2) is 0 Å². The lowest BCUT2D eigenvalue weighted by atomic mass is 10.0. The molecule has 0 radical (unpaired) electrons. The zero-order valence-corrected chi connectivity index (χ0v) is 13.9. The van der Waals surface area contributed by atoms with Gasteiger partial charge in [0.1, 0.15) is 5.01 Å². The molecule has 1 unspecified atom stereocenters. The van der Waals surface area contributed by atoms with Crippen molar-refractivity contribution in [2.75, 3.05) is 13.6 Å². The molecule has 4 heteroatoms. The molecule has 19 heavy (non-hydrogen) atoms. The number of benzene rings is 1. The molecule has 2 rings (SSSR count). The van der Waals surface area contributed by atoms with Crippen LogP contribution in [0.3, 0.4) is 0 Å². The van der Waals surface area contributed by atoms with Crippen molar-refractivity contribution >= 4 is 27.3 Å². The summed E-state index contributed by atoms with van der Waals surface area (Å²) in [5.74, 6) is 0.559. The van der Waals surface area contributed by atoms with Crippen LogP contribution in [0.15, 0.2) is 28.7 Å². The Morgan fingerprint density at radius 1 is 1.42 bits per heavy atom. The highest BCUT2D eigenvalue weighted by atomic mass is 79.9. The maximum absolute atomic E-state index is 4.74. The fraction of sp³-hybridized carbons (Fsp3) is 0.400. The molecule has 0 saturated heterocycles. The highest BCUT2D eigenvalue weighted by Gasteiger charge is 2.17. The van der Waals surface area contributed by atoms with Gasteiger partial charge in [-0.1, -0.05) is 35.0 Å². The fourth-order valence-corrected chi connectivity index (χ4v) is 3.85. The molecule has 0 aliphatic carbocycles. The number of halogens is 1. The summed E-state index contributed by atoms with van der Waals surface area (Å²) in [6.07, 6.45) is 1.14. The number of hydrogen-bond donors (Lipinski definition) is 1. The summed E-state index contributed by atoms with van der Waals surface area (Å²) >= 11 is 5.34. The Bertz CT molecular complexity index is 551. The third-order valence-corrected chi connectivity index (χ3v) is 5.08. The van der Waals surface area contributed by atoms with Crippen molar-refractivity contribution in [2.24, 2.45) is 0 Å². The summed E-state index contributed by atoms with van der Waals surface area (Å²) in [5, 5.41) is 4.39. The monoisotopic (exact) mass is 338 g/mol. The average Bonchev–Trinajstić information content (AvgIpc) is 2.78. The normalized spacial score (nSPS) is 12.6. The van der Waals surface area contributed by atoms with Gasteiger partial charge in [0.05, 0.1) is 5.69 Å². The van der Waals surface area contributed by atoms with Crippen LogP contribution >= 0.6 is 27.3 Å². The van der Waals surface area contributed by atoms with E-state index in [2.05, 4.69) is 53.3 Å². The lowest BCUT2D eigenvalue weighted by molar-refractivity contribution is 0.616. The molecule has 102 valence electrons. The van der Waals surface area contributed by atoms with Gasteiger partial charge in [0.25, 0.3) is 0 Å². The third kappa shape index (κ3) is 3.44. The van der Waals surface area contributed by atoms with Gasteiger partial charge < -0.3 is 5.32 Å². The molecule has 2 aromatic rings. The van der Waals surface area contributed by atoms with Crippen LogP contribution in [0.1, 0.15) is 29.8 Å². The summed E-state index contributed by atoms with van der Waals surface area (Å²) in [6, 6.07) is 8.34. The number of hydrogen-bond acceptors (Lipinski definition) is 3. The number of rotatable bonds is 5. The highest BCUT2D eigenvalue weighted by molar-refractivity contribution is 9.10. The Labute approximate surface area is 127 Å². The van der Waals surface area contributed by atoms with E-state index in [1.807, 2.05) is 24.5 Å². The first kappa shape index (κ1) is 14.7. The molecule has 1 atom stereocenters. The van der Waals surface area contributed by atoms with Crippen molar-refractivity contribution in [2.45, 2.75) is 26.2 Å². The van der Waals surface area contributed by atoms with Gasteiger partial charge in [-0.25, -0.2) is 4.98 Å². The molecular formula is C15H19BrN2S. The average molecular weight is 339 g/mol. The fourth-order valence-electron chi connectivity index (χ4n) is 2.20. The number of nitrogens with one attached hydrogen (secondary N) is 1. The van der Waals surface area contributed by atoms with Gasteiger partial charge >= 0.3 is 0 Å². The van der Waals surface area contributed by atoms with Gasteiger partial charge in [0, 0.05) is 27.4 Å². The first-order valence-electron chi connectivity index (χ1n) is 6.53. The zero-order valence-electron chi connectivity index (χ0n) is 11.5. The van der Waals surface area contributed by atoms with Gasteiger partial charge in [0.2, 0.25) is 0 Å². The SMILES string of the molecule is CCC(CNC)c1sc(-c2cccc(Br)c2)nc1C. The summed E-state index contributed by atoms with van der Waals surface area (Å²) in [5.41, 5.74) is 2.36. The Hall–Kier alpha value is -0.710. The second-order valence-electron chi connectivity index (χ2n) is 4.64. The standard InChI is InChI=1S/C15H19BrN2S/c1-4-11(9-17-3)14-10(2)18-15(19-14)12-6-5-7-13(16)8-12/h5-8,11,17H,4,9H2,1-3H3. The van der Waals surface area contributed by atoms with Gasteiger partial charge in [-0.2, -0.15) is 0 Å². The first-order chi connectivity index (χ1) is 9.15. The minimum Gasteiger partial charge on any atom is -0.319 e. The van der Waals surface area contributed by atoms with Crippen LogP contribution in [-0.4, -0.2) is 18.6 Å². The Morgan fingerprint density at radius 3 is 2.84 bits per heavy atom. The van der Waals surface area contributed by atoms with Crippen LogP contribution in [0.2, 0.25) is 0 Å². The summed E-state index contributed by atoms with van der Waals surface area (Å²) < 4.78 is 1.10. The van der Waals surface area contributed by atoms with E-state index in [9.17, 15) is 0 Å². The molecule has 1 aromatic carbocycles. The van der Waals surface area contributed by atoms with Crippen LogP contribution in [0.25, 0.3) is 10.6 Å². The second-order valence-corrected chi connectivity index (χ2v) is 6.59. The molecule has 0 aliphatic rings. The number of aromatic nitrogens is 1. The lowest BCUT2D eigenvalue weighted by Crippen LogP contribution is -2.16. The van der Waals surface area contributed by atoms with Gasteiger partial charge in [-0.05, 0) is 32.5 Å². The van der Waals surface area contributed by atoms with E-state index in [0.717, 1.165) is 22.4 Å². The van der Waals surface area contributed by atoms with Crippen molar-refractivity contribution in [3.05, 3.63) is 39.3 Å². The minimum absolute atomic E-state index is 0.559. The van der Waals surface area contributed by atoms with Crippen molar-refractivity contribution in [1.82, 2.24) is 10.3 Å². The number of thiazole rings is 1. The van der Waals surface area contributed by atoms with Crippen molar-refractivity contribution < 1.29 is 0 Å². The summed E-state index contributed by atoms with van der Waals surface area (Å²) in [4.78, 5) is 6.15. The van der Waals surface area contributed by atoms with Crippen molar-refractivity contribution in [3.63, 3.8) is 0 Å². The van der Waals surface area contributed by atoms with E-state index in [1.165, 1.54) is 16.1 Å². The zero-order chi connectivity index (χ0) is 13.8. The Kier molecular flexibility index (Phi) is 5.13. The first-order valence-corrected chi connectivity index (χ1v) is 8.14. The van der Waals surface area contributed by atoms with E-state index >= 15 is 0 Å². The maximum atomic E-state index is 4.74. The third-order valence-electron chi connectivity index (χ3n) is 3.22. The molecule has 2 nitrogen and oxygen atoms in total. The summed E-state index contributed by atoms with van der Waals surface area (Å²) in [6.45, 7) is 5.36. The van der Waals surface area contributed by atoms with E-state index in [4.69, 9.17) is 4.98 Å². The molecule has 0 saturated carbocycles. The lowest BCUT2D eigenvalue weighted by Gasteiger charge is -2.12. The molecule has 0 aliphatic heterocycles. The van der Waals surface area contributed by atoms with Crippen LogP contribution in [0, 0.1) is 6.92 Å². The predicted molar refractivity (Wildman–Crippen MR) is 86.9 cm³/mol. The van der Waals surface area contributed by atoms with Crippen molar-refractivity contribution in [3.8, 4) is 10.6 Å². The smallest absolute Gasteiger partial charge is 0.123 e. The van der Waals surface area contributed by atoms with E-state index in [-0.39, 0.29) is 0 Å². The van der Waals surface area contributed by atoms with Gasteiger partial charge in [-0.15, -0.1) is 11.3 Å². The topological polar surface area (TPSA) is 24.9 Å². The number of aryl methyl sites for hydroxylation is 1. The van der Waals surface area contributed by atoms with Gasteiger partial charge in [-0.3, -0.25) is 0 Å². The summed E-state index contributed by atoms with van der Waals surface area (Å²) in [7, 11) is 2.01. The molecule has 0 spiro atoms. The highest BCUT2D eigenvalue weighted by Crippen LogP contribution is 2.34.